The summed E-state index contributed by atoms with van der Waals surface area (Å²) in [4.78, 5) is 18.9. The molecule has 6 heteroatoms. The van der Waals surface area contributed by atoms with Crippen LogP contribution in [0.1, 0.15) is 12.6 Å². The maximum atomic E-state index is 11.0. The van der Waals surface area contributed by atoms with Gasteiger partial charge in [0.2, 0.25) is 0 Å². The Morgan fingerprint density at radius 2 is 2.22 bits per heavy atom. The zero-order valence-electron chi connectivity index (χ0n) is 10.4. The molecule has 18 heavy (non-hydrogen) atoms. The predicted octanol–water partition coefficient (Wildman–Crippen LogP) is 2.23. The van der Waals surface area contributed by atoms with Gasteiger partial charge in [-0.25, -0.2) is 9.78 Å². The molecule has 1 amide bonds. The van der Waals surface area contributed by atoms with Crippen LogP contribution in [0.4, 0.5) is 10.6 Å². The van der Waals surface area contributed by atoms with Crippen LogP contribution in [0.2, 0.25) is 5.02 Å². The van der Waals surface area contributed by atoms with Crippen molar-refractivity contribution in [1.82, 2.24) is 9.88 Å². The van der Waals surface area contributed by atoms with Crippen LogP contribution in [0, 0.1) is 6.92 Å². The summed E-state index contributed by atoms with van der Waals surface area (Å²) < 4.78 is 0. The molecular formula is C12H16ClN3O2. The Labute approximate surface area is 111 Å². The Hall–Kier alpha value is -1.49. The van der Waals surface area contributed by atoms with Gasteiger partial charge in [0.15, 0.2) is 0 Å². The van der Waals surface area contributed by atoms with Crippen LogP contribution in [0.25, 0.3) is 0 Å². The van der Waals surface area contributed by atoms with Gasteiger partial charge in [-0.15, -0.1) is 0 Å². The number of aromatic nitrogens is 1. The van der Waals surface area contributed by atoms with Gasteiger partial charge in [-0.3, -0.25) is 0 Å². The molecule has 0 spiro atoms. The minimum Gasteiger partial charge on any atom is -0.465 e. The van der Waals surface area contributed by atoms with Crippen LogP contribution < -0.4 is 4.90 Å². The highest BCUT2D eigenvalue weighted by Crippen LogP contribution is 2.21. The van der Waals surface area contributed by atoms with Crippen molar-refractivity contribution in [3.05, 3.63) is 22.8 Å². The fraction of sp³-hybridized carbons (Fsp3) is 0.500. The van der Waals surface area contributed by atoms with E-state index in [1.807, 2.05) is 26.0 Å². The number of hydrogen-bond acceptors (Lipinski definition) is 3. The molecular weight excluding hydrogens is 254 g/mol. The van der Waals surface area contributed by atoms with Crippen LogP contribution in [0.3, 0.4) is 0 Å². The number of rotatable bonds is 1. The van der Waals surface area contributed by atoms with E-state index >= 15 is 0 Å². The second kappa shape index (κ2) is 5.02. The van der Waals surface area contributed by atoms with Crippen molar-refractivity contribution in [1.29, 1.82) is 0 Å². The first-order valence-electron chi connectivity index (χ1n) is 5.86. The molecule has 0 aromatic carbocycles. The van der Waals surface area contributed by atoms with E-state index in [9.17, 15) is 4.79 Å². The molecule has 0 saturated carbocycles. The Morgan fingerprint density at radius 1 is 1.50 bits per heavy atom. The third-order valence-corrected chi connectivity index (χ3v) is 3.32. The van der Waals surface area contributed by atoms with E-state index in [2.05, 4.69) is 9.88 Å². The first kappa shape index (κ1) is 13.0. The van der Waals surface area contributed by atoms with E-state index in [1.165, 1.54) is 4.90 Å². The first-order valence-corrected chi connectivity index (χ1v) is 6.24. The highest BCUT2D eigenvalue weighted by molar-refractivity contribution is 6.30. The van der Waals surface area contributed by atoms with Crippen molar-refractivity contribution >= 4 is 23.5 Å². The van der Waals surface area contributed by atoms with Crippen LogP contribution >= 0.6 is 11.6 Å². The molecule has 1 aliphatic rings. The largest absolute Gasteiger partial charge is 0.465 e. The number of carbonyl (C=O) groups is 1. The number of nitrogens with zero attached hydrogens (tertiary/aromatic N) is 3. The van der Waals surface area contributed by atoms with Crippen LogP contribution in [0.5, 0.6) is 0 Å². The Bertz CT molecular complexity index is 446. The van der Waals surface area contributed by atoms with Crippen molar-refractivity contribution in [3.8, 4) is 0 Å². The van der Waals surface area contributed by atoms with Crippen molar-refractivity contribution in [3.63, 3.8) is 0 Å². The molecule has 0 aliphatic carbocycles. The summed E-state index contributed by atoms with van der Waals surface area (Å²) in [5, 5.41) is 9.68. The number of halogens is 1. The zero-order chi connectivity index (χ0) is 13.3. The summed E-state index contributed by atoms with van der Waals surface area (Å²) in [5.41, 5.74) is 0.866. The third-order valence-electron chi connectivity index (χ3n) is 3.10. The van der Waals surface area contributed by atoms with Crippen molar-refractivity contribution < 1.29 is 9.90 Å². The topological polar surface area (TPSA) is 56.7 Å². The molecule has 0 unspecified atom stereocenters. The lowest BCUT2D eigenvalue weighted by Gasteiger charge is -2.38. The van der Waals surface area contributed by atoms with Crippen molar-refractivity contribution in [2.45, 2.75) is 19.9 Å². The fourth-order valence-corrected chi connectivity index (χ4v) is 2.48. The molecule has 1 aromatic heterocycles. The molecule has 1 aromatic rings. The SMILES string of the molecule is Cc1cc(Cl)cc(N2CCN(C(=O)O)[C@@H](C)C2)n1. The minimum atomic E-state index is -0.864. The average molecular weight is 270 g/mol. The van der Waals surface area contributed by atoms with Crippen LogP contribution in [-0.4, -0.2) is 46.8 Å². The van der Waals surface area contributed by atoms with Gasteiger partial charge in [0.25, 0.3) is 0 Å². The molecule has 98 valence electrons. The standard InChI is InChI=1S/C12H16ClN3O2/c1-8-5-10(13)6-11(14-8)15-3-4-16(12(17)18)9(2)7-15/h5-6,9H,3-4,7H2,1-2H3,(H,17,18)/t9-/m0/s1. The number of aryl methyl sites for hydroxylation is 1. The summed E-state index contributed by atoms with van der Waals surface area (Å²) in [6.45, 7) is 5.57. The molecule has 0 radical (unpaired) electrons. The normalized spacial score (nSPS) is 20.1. The Morgan fingerprint density at radius 3 is 2.78 bits per heavy atom. The number of piperazine rings is 1. The zero-order valence-corrected chi connectivity index (χ0v) is 11.2. The molecule has 2 rings (SSSR count). The quantitative estimate of drug-likeness (QED) is 0.849. The molecule has 1 fully saturated rings. The Balaban J connectivity index is 2.14. The highest BCUT2D eigenvalue weighted by Gasteiger charge is 2.27. The number of anilines is 1. The van der Waals surface area contributed by atoms with Gasteiger partial charge in [0.05, 0.1) is 0 Å². The van der Waals surface area contributed by atoms with Gasteiger partial charge < -0.3 is 14.9 Å². The summed E-state index contributed by atoms with van der Waals surface area (Å²) >= 11 is 6.01. The van der Waals surface area contributed by atoms with E-state index in [0.29, 0.717) is 24.7 Å². The number of amides is 1. The maximum Gasteiger partial charge on any atom is 0.407 e. The van der Waals surface area contributed by atoms with Gasteiger partial charge in [-0.05, 0) is 26.0 Å². The van der Waals surface area contributed by atoms with Gasteiger partial charge >= 0.3 is 6.09 Å². The molecule has 1 N–H and O–H groups in total. The summed E-state index contributed by atoms with van der Waals surface area (Å²) in [6, 6.07) is 3.58. The molecule has 0 bridgehead atoms. The summed E-state index contributed by atoms with van der Waals surface area (Å²) in [7, 11) is 0. The average Bonchev–Trinajstić information content (AvgIpc) is 2.26. The first-order chi connectivity index (χ1) is 8.47. The summed E-state index contributed by atoms with van der Waals surface area (Å²) in [6.07, 6.45) is -0.864. The fourth-order valence-electron chi connectivity index (χ4n) is 2.22. The second-order valence-corrected chi connectivity index (χ2v) is 4.99. The van der Waals surface area contributed by atoms with Crippen LogP contribution in [-0.2, 0) is 0 Å². The number of pyridine rings is 1. The minimum absolute atomic E-state index is 0.0441. The summed E-state index contributed by atoms with van der Waals surface area (Å²) in [5.74, 6) is 0.817. The van der Waals surface area contributed by atoms with E-state index < -0.39 is 6.09 Å². The van der Waals surface area contributed by atoms with E-state index in [0.717, 1.165) is 11.5 Å². The second-order valence-electron chi connectivity index (χ2n) is 4.56. The molecule has 5 nitrogen and oxygen atoms in total. The predicted molar refractivity (Wildman–Crippen MR) is 70.4 cm³/mol. The molecule has 1 saturated heterocycles. The molecule has 1 aliphatic heterocycles. The number of hydrogen-bond donors (Lipinski definition) is 1. The third kappa shape index (κ3) is 2.67. The van der Waals surface area contributed by atoms with Crippen molar-refractivity contribution in [2.24, 2.45) is 0 Å². The van der Waals surface area contributed by atoms with Crippen molar-refractivity contribution in [2.75, 3.05) is 24.5 Å². The van der Waals surface area contributed by atoms with Gasteiger partial charge in [-0.1, -0.05) is 11.6 Å². The monoisotopic (exact) mass is 269 g/mol. The Kier molecular flexibility index (Phi) is 3.61. The maximum absolute atomic E-state index is 11.0. The van der Waals surface area contributed by atoms with Gasteiger partial charge in [0, 0.05) is 36.4 Å². The van der Waals surface area contributed by atoms with Gasteiger partial charge in [-0.2, -0.15) is 0 Å². The van der Waals surface area contributed by atoms with Crippen LogP contribution in [0.15, 0.2) is 12.1 Å². The smallest absolute Gasteiger partial charge is 0.407 e. The lowest BCUT2D eigenvalue weighted by molar-refractivity contribution is 0.122. The number of carboxylic acid groups (broad SMARTS) is 1. The highest BCUT2D eigenvalue weighted by atomic mass is 35.5. The lowest BCUT2D eigenvalue weighted by Crippen LogP contribution is -2.54. The van der Waals surface area contributed by atoms with Gasteiger partial charge in [0.1, 0.15) is 5.82 Å². The molecule has 2 heterocycles. The van der Waals surface area contributed by atoms with E-state index in [1.54, 1.807) is 0 Å². The lowest BCUT2D eigenvalue weighted by atomic mass is 10.2. The molecule has 1 atom stereocenters. The van der Waals surface area contributed by atoms with E-state index in [-0.39, 0.29) is 6.04 Å². The van der Waals surface area contributed by atoms with E-state index in [4.69, 9.17) is 16.7 Å².